The highest BCUT2D eigenvalue weighted by atomic mass is 32.1. The predicted octanol–water partition coefficient (Wildman–Crippen LogP) is 14.9. The van der Waals surface area contributed by atoms with Crippen LogP contribution in [0.4, 0.5) is 0 Å². The normalized spacial score (nSPS) is 11.7. The molecule has 5 aromatic heterocycles. The number of pyridine rings is 1. The van der Waals surface area contributed by atoms with Crippen molar-refractivity contribution >= 4 is 74.7 Å². The van der Waals surface area contributed by atoms with Gasteiger partial charge in [-0.1, -0.05) is 115 Å². The van der Waals surface area contributed by atoms with E-state index in [-0.39, 0.29) is 0 Å². The van der Waals surface area contributed by atoms with Crippen molar-refractivity contribution in [3.63, 3.8) is 0 Å². The maximum Gasteiger partial charge on any atom is 0.160 e. The van der Waals surface area contributed by atoms with Gasteiger partial charge in [0, 0.05) is 65.0 Å². The van der Waals surface area contributed by atoms with Crippen molar-refractivity contribution in [2.45, 2.75) is 0 Å². The molecule has 0 atom stereocenters. The van der Waals surface area contributed by atoms with Crippen molar-refractivity contribution in [2.75, 3.05) is 0 Å². The minimum absolute atomic E-state index is 0.692. The zero-order chi connectivity index (χ0) is 38.9. The van der Waals surface area contributed by atoms with Crippen molar-refractivity contribution in [1.29, 1.82) is 0 Å². The number of hydrogen-bond donors (Lipinski definition) is 0. The van der Waals surface area contributed by atoms with Crippen molar-refractivity contribution in [2.24, 2.45) is 0 Å². The van der Waals surface area contributed by atoms with Crippen LogP contribution in [-0.4, -0.2) is 19.5 Å². The second-order valence-electron chi connectivity index (χ2n) is 14.9. The predicted molar refractivity (Wildman–Crippen MR) is 250 cm³/mol. The molecule has 0 aliphatic carbocycles. The van der Waals surface area contributed by atoms with Gasteiger partial charge in [0.05, 0.1) is 27.1 Å². The third-order valence-corrected chi connectivity index (χ3v) is 13.7. The number of para-hydroxylation sites is 2. The van der Waals surface area contributed by atoms with Gasteiger partial charge in [-0.05, 0) is 94.4 Å². The van der Waals surface area contributed by atoms with E-state index in [2.05, 4.69) is 192 Å². The van der Waals surface area contributed by atoms with E-state index in [9.17, 15) is 0 Å². The lowest BCUT2D eigenvalue weighted by atomic mass is 10.00. The molecular formula is C53H32N4S2. The van der Waals surface area contributed by atoms with Crippen LogP contribution >= 0.6 is 22.7 Å². The molecule has 0 fully saturated rings. The van der Waals surface area contributed by atoms with E-state index in [1.165, 1.54) is 46.9 Å². The lowest BCUT2D eigenvalue weighted by Crippen LogP contribution is -1.99. The fourth-order valence-electron chi connectivity index (χ4n) is 8.50. The number of nitrogens with zero attached hydrogens (tertiary/aromatic N) is 4. The molecule has 59 heavy (non-hydrogen) atoms. The minimum atomic E-state index is 0.692. The molecule has 276 valence electrons. The number of aromatic nitrogens is 4. The fourth-order valence-corrected chi connectivity index (χ4v) is 10.7. The van der Waals surface area contributed by atoms with Crippen LogP contribution in [0.5, 0.6) is 0 Å². The molecule has 0 amide bonds. The number of fused-ring (bicyclic) bond motifs is 6. The Morgan fingerprint density at radius 1 is 0.458 bits per heavy atom. The van der Waals surface area contributed by atoms with Crippen LogP contribution < -0.4 is 0 Å². The Bertz CT molecular complexity index is 3530. The molecule has 0 bridgehead atoms. The molecule has 0 saturated heterocycles. The van der Waals surface area contributed by atoms with E-state index in [1.54, 1.807) is 11.3 Å². The van der Waals surface area contributed by atoms with Crippen LogP contribution in [0.3, 0.4) is 0 Å². The van der Waals surface area contributed by atoms with Crippen molar-refractivity contribution in [3.8, 4) is 61.2 Å². The van der Waals surface area contributed by atoms with Crippen molar-refractivity contribution in [1.82, 2.24) is 19.5 Å². The molecule has 0 unspecified atom stereocenters. The highest BCUT2D eigenvalue weighted by Gasteiger charge is 2.20. The molecule has 12 aromatic rings. The SMILES string of the molecule is c1ccc(-c2ccc(-n3c(-c4cc(-c5nc(-c6cccc7c6sc6ccccc67)c6ccccc6n5)cc(-c5cc6ccncc6s5)c4)cc4ccccc43)cc2)cc1. The number of hydrogen-bond acceptors (Lipinski definition) is 5. The van der Waals surface area contributed by atoms with Crippen LogP contribution in [0.1, 0.15) is 0 Å². The monoisotopic (exact) mass is 788 g/mol. The zero-order valence-electron chi connectivity index (χ0n) is 31.6. The third kappa shape index (κ3) is 5.76. The van der Waals surface area contributed by atoms with Crippen LogP contribution in [-0.2, 0) is 0 Å². The summed E-state index contributed by atoms with van der Waals surface area (Å²) in [5, 5.41) is 5.92. The first-order valence-electron chi connectivity index (χ1n) is 19.7. The molecule has 0 radical (unpaired) electrons. The number of rotatable bonds is 6. The van der Waals surface area contributed by atoms with Gasteiger partial charge < -0.3 is 4.57 Å². The van der Waals surface area contributed by atoms with Crippen molar-refractivity contribution in [3.05, 3.63) is 194 Å². The van der Waals surface area contributed by atoms with E-state index in [1.807, 2.05) is 23.7 Å². The van der Waals surface area contributed by atoms with Crippen LogP contribution in [0.15, 0.2) is 194 Å². The number of thiophene rings is 2. The van der Waals surface area contributed by atoms with Crippen LogP contribution in [0, 0.1) is 0 Å². The summed E-state index contributed by atoms with van der Waals surface area (Å²) < 4.78 is 6.05. The molecule has 0 N–H and O–H groups in total. The van der Waals surface area contributed by atoms with E-state index in [0.29, 0.717) is 5.82 Å². The molecular weight excluding hydrogens is 757 g/mol. The molecule has 5 heterocycles. The molecule has 7 aromatic carbocycles. The fraction of sp³-hybridized carbons (Fsp3) is 0. The van der Waals surface area contributed by atoms with Gasteiger partial charge in [-0.2, -0.15) is 0 Å². The molecule has 0 aliphatic heterocycles. The van der Waals surface area contributed by atoms with Gasteiger partial charge in [-0.3, -0.25) is 4.98 Å². The van der Waals surface area contributed by atoms with Crippen LogP contribution in [0.25, 0.3) is 113 Å². The summed E-state index contributed by atoms with van der Waals surface area (Å²) in [7, 11) is 0. The minimum Gasteiger partial charge on any atom is -0.309 e. The Kier molecular flexibility index (Phi) is 7.86. The smallest absolute Gasteiger partial charge is 0.160 e. The Balaban J connectivity index is 1.10. The highest BCUT2D eigenvalue weighted by Crippen LogP contribution is 2.43. The van der Waals surface area contributed by atoms with E-state index >= 15 is 0 Å². The van der Waals surface area contributed by atoms with Gasteiger partial charge in [0.15, 0.2) is 5.82 Å². The highest BCUT2D eigenvalue weighted by molar-refractivity contribution is 7.26. The first-order chi connectivity index (χ1) is 29.2. The molecule has 0 spiro atoms. The zero-order valence-corrected chi connectivity index (χ0v) is 33.2. The largest absolute Gasteiger partial charge is 0.309 e. The van der Waals surface area contributed by atoms with E-state index in [0.717, 1.165) is 60.4 Å². The van der Waals surface area contributed by atoms with Crippen LogP contribution in [0.2, 0.25) is 0 Å². The van der Waals surface area contributed by atoms with Gasteiger partial charge in [-0.15, -0.1) is 22.7 Å². The van der Waals surface area contributed by atoms with Gasteiger partial charge in [-0.25, -0.2) is 9.97 Å². The average molecular weight is 789 g/mol. The first-order valence-corrected chi connectivity index (χ1v) is 21.3. The molecule has 6 heteroatoms. The summed E-state index contributed by atoms with van der Waals surface area (Å²) in [5.41, 5.74) is 11.9. The lowest BCUT2D eigenvalue weighted by molar-refractivity contribution is 1.13. The lowest BCUT2D eigenvalue weighted by Gasteiger charge is -2.15. The summed E-state index contributed by atoms with van der Waals surface area (Å²) in [6.07, 6.45) is 3.82. The second-order valence-corrected chi connectivity index (χ2v) is 17.0. The topological polar surface area (TPSA) is 43.6 Å². The maximum atomic E-state index is 5.52. The second kappa shape index (κ2) is 13.7. The van der Waals surface area contributed by atoms with Gasteiger partial charge in [0.25, 0.3) is 0 Å². The maximum absolute atomic E-state index is 5.52. The molecule has 0 saturated carbocycles. The first kappa shape index (κ1) is 33.8. The quantitative estimate of drug-likeness (QED) is 0.169. The summed E-state index contributed by atoms with van der Waals surface area (Å²) in [6.45, 7) is 0. The standard InChI is InChI=1S/C53H32N4S2/c1-2-11-33(12-3-1)34-21-23-40(24-22-34)57-46-19-8-4-13-35(46)30-47(57)37-27-38(49-31-36-25-26-54-32-50(36)58-49)29-39(28-37)53-55-45-18-7-5-15-43(45)51(56-53)44-17-10-16-42-41-14-6-9-20-48(41)59-52(42)44/h1-32H. The van der Waals surface area contributed by atoms with Gasteiger partial charge in [0.2, 0.25) is 0 Å². The molecule has 0 aliphatic rings. The summed E-state index contributed by atoms with van der Waals surface area (Å²) in [6, 6.07) is 65.3. The average Bonchev–Trinajstić information content (AvgIpc) is 4.03. The van der Waals surface area contributed by atoms with E-state index < -0.39 is 0 Å². The summed E-state index contributed by atoms with van der Waals surface area (Å²) >= 11 is 3.59. The van der Waals surface area contributed by atoms with E-state index in [4.69, 9.17) is 9.97 Å². The van der Waals surface area contributed by atoms with Gasteiger partial charge >= 0.3 is 0 Å². The number of benzene rings is 7. The Morgan fingerprint density at radius 3 is 2.10 bits per heavy atom. The van der Waals surface area contributed by atoms with Crippen molar-refractivity contribution < 1.29 is 0 Å². The third-order valence-electron chi connectivity index (χ3n) is 11.3. The Morgan fingerprint density at radius 2 is 1.20 bits per heavy atom. The molecule has 4 nitrogen and oxygen atoms in total. The Hall–Kier alpha value is -7.25. The molecule has 12 rings (SSSR count). The Labute approximate surface area is 348 Å². The summed E-state index contributed by atoms with van der Waals surface area (Å²) in [4.78, 5) is 16.4. The summed E-state index contributed by atoms with van der Waals surface area (Å²) in [5.74, 6) is 0.692. The van der Waals surface area contributed by atoms with Gasteiger partial charge in [0.1, 0.15) is 0 Å².